The van der Waals surface area contributed by atoms with Crippen molar-refractivity contribution < 1.29 is 0 Å². The summed E-state index contributed by atoms with van der Waals surface area (Å²) in [5, 5.41) is 1.23. The third kappa shape index (κ3) is 2.69. The third-order valence-corrected chi connectivity index (χ3v) is 3.88. The topological polar surface area (TPSA) is 29.3 Å². The van der Waals surface area contributed by atoms with E-state index >= 15 is 0 Å². The maximum absolute atomic E-state index is 5.99. The van der Waals surface area contributed by atoms with Crippen molar-refractivity contribution in [3.8, 4) is 0 Å². The Labute approximate surface area is 106 Å². The Bertz CT molecular complexity index is 371. The molecule has 16 heavy (non-hydrogen) atoms. The molecule has 2 nitrogen and oxygen atoms in total. The van der Waals surface area contributed by atoms with Crippen LogP contribution in [0.3, 0.4) is 0 Å². The van der Waals surface area contributed by atoms with E-state index in [4.69, 9.17) is 28.9 Å². The van der Waals surface area contributed by atoms with E-state index in [1.54, 1.807) is 0 Å². The molecular weight excluding hydrogens is 243 g/mol. The highest BCUT2D eigenvalue weighted by atomic mass is 35.5. The standard InChI is InChI=1S/C12H16Cl2N2/c1-8-5-16(7-12(8)15)6-9-2-3-10(13)11(14)4-9/h2-4,8,12H,5-7,15H2,1H3. The molecule has 0 aliphatic carbocycles. The second kappa shape index (κ2) is 4.92. The molecule has 1 heterocycles. The van der Waals surface area contributed by atoms with Crippen LogP contribution in [0.15, 0.2) is 18.2 Å². The van der Waals surface area contributed by atoms with Crippen molar-refractivity contribution >= 4 is 23.2 Å². The Morgan fingerprint density at radius 3 is 2.62 bits per heavy atom. The number of likely N-dealkylation sites (tertiary alicyclic amines) is 1. The fourth-order valence-corrected chi connectivity index (χ4v) is 2.44. The molecule has 1 aliphatic heterocycles. The molecule has 1 fully saturated rings. The molecule has 2 rings (SSSR count). The molecule has 1 aliphatic rings. The van der Waals surface area contributed by atoms with E-state index in [1.165, 1.54) is 5.56 Å². The summed E-state index contributed by atoms with van der Waals surface area (Å²) < 4.78 is 0. The Hall–Kier alpha value is -0.280. The quantitative estimate of drug-likeness (QED) is 0.884. The van der Waals surface area contributed by atoms with Crippen LogP contribution in [-0.2, 0) is 6.54 Å². The number of halogens is 2. The van der Waals surface area contributed by atoms with E-state index in [9.17, 15) is 0 Å². The van der Waals surface area contributed by atoms with Crippen LogP contribution in [0.5, 0.6) is 0 Å². The molecule has 0 aromatic heterocycles. The SMILES string of the molecule is CC1CN(Cc2ccc(Cl)c(Cl)c2)CC1N. The normalized spacial score (nSPS) is 26.2. The fraction of sp³-hybridized carbons (Fsp3) is 0.500. The van der Waals surface area contributed by atoms with Gasteiger partial charge in [0, 0.05) is 25.7 Å². The minimum absolute atomic E-state index is 0.294. The summed E-state index contributed by atoms with van der Waals surface area (Å²) in [5.74, 6) is 0.572. The molecule has 0 spiro atoms. The number of hydrogen-bond acceptors (Lipinski definition) is 2. The number of hydrogen-bond donors (Lipinski definition) is 1. The summed E-state index contributed by atoms with van der Waals surface area (Å²) in [5.41, 5.74) is 7.18. The van der Waals surface area contributed by atoms with Gasteiger partial charge in [0.15, 0.2) is 0 Å². The van der Waals surface area contributed by atoms with E-state index in [-0.39, 0.29) is 0 Å². The summed E-state index contributed by atoms with van der Waals surface area (Å²) in [4.78, 5) is 2.36. The Morgan fingerprint density at radius 1 is 1.31 bits per heavy atom. The minimum atomic E-state index is 0.294. The first-order chi connectivity index (χ1) is 7.56. The van der Waals surface area contributed by atoms with Gasteiger partial charge in [-0.2, -0.15) is 0 Å². The lowest BCUT2D eigenvalue weighted by Gasteiger charge is -2.15. The maximum Gasteiger partial charge on any atom is 0.0595 e. The van der Waals surface area contributed by atoms with Gasteiger partial charge in [0.05, 0.1) is 10.0 Å². The first-order valence-electron chi connectivity index (χ1n) is 5.48. The minimum Gasteiger partial charge on any atom is -0.326 e. The molecule has 0 amide bonds. The van der Waals surface area contributed by atoms with Gasteiger partial charge in [-0.25, -0.2) is 0 Å². The van der Waals surface area contributed by atoms with Crippen LogP contribution in [0.2, 0.25) is 10.0 Å². The van der Waals surface area contributed by atoms with Crippen LogP contribution < -0.4 is 5.73 Å². The number of rotatable bonds is 2. The summed E-state index contributed by atoms with van der Waals surface area (Å²) in [7, 11) is 0. The number of nitrogens with zero attached hydrogens (tertiary/aromatic N) is 1. The Kier molecular flexibility index (Phi) is 3.75. The fourth-order valence-electron chi connectivity index (χ4n) is 2.12. The molecule has 1 aromatic carbocycles. The van der Waals surface area contributed by atoms with Gasteiger partial charge in [-0.3, -0.25) is 4.90 Å². The molecule has 0 saturated carbocycles. The van der Waals surface area contributed by atoms with Crippen LogP contribution in [0.4, 0.5) is 0 Å². The van der Waals surface area contributed by atoms with Crippen LogP contribution in [0, 0.1) is 5.92 Å². The molecule has 88 valence electrons. The Morgan fingerprint density at radius 2 is 2.06 bits per heavy atom. The molecule has 4 heteroatoms. The molecule has 2 atom stereocenters. The van der Waals surface area contributed by atoms with Crippen molar-refractivity contribution in [2.24, 2.45) is 11.7 Å². The van der Waals surface area contributed by atoms with Gasteiger partial charge in [0.1, 0.15) is 0 Å². The summed E-state index contributed by atoms with van der Waals surface area (Å²) in [6, 6.07) is 6.09. The average molecular weight is 259 g/mol. The predicted octanol–water partition coefficient (Wildman–Crippen LogP) is 2.77. The van der Waals surface area contributed by atoms with E-state index in [0.717, 1.165) is 19.6 Å². The monoisotopic (exact) mass is 258 g/mol. The maximum atomic E-state index is 5.99. The van der Waals surface area contributed by atoms with E-state index < -0.39 is 0 Å². The second-order valence-corrected chi connectivity index (χ2v) is 5.40. The second-order valence-electron chi connectivity index (χ2n) is 4.58. The lowest BCUT2D eigenvalue weighted by molar-refractivity contribution is 0.319. The highest BCUT2D eigenvalue weighted by Crippen LogP contribution is 2.24. The Balaban J connectivity index is 2.02. The predicted molar refractivity (Wildman–Crippen MR) is 68.9 cm³/mol. The van der Waals surface area contributed by atoms with Crippen LogP contribution >= 0.6 is 23.2 Å². The molecule has 2 N–H and O–H groups in total. The van der Waals surface area contributed by atoms with E-state index in [0.29, 0.717) is 22.0 Å². The van der Waals surface area contributed by atoms with Gasteiger partial charge < -0.3 is 5.73 Å². The molecular formula is C12H16Cl2N2. The van der Waals surface area contributed by atoms with Crippen LogP contribution in [-0.4, -0.2) is 24.0 Å². The first-order valence-corrected chi connectivity index (χ1v) is 6.23. The third-order valence-electron chi connectivity index (χ3n) is 3.14. The van der Waals surface area contributed by atoms with Crippen molar-refractivity contribution in [1.82, 2.24) is 4.90 Å². The van der Waals surface area contributed by atoms with Gasteiger partial charge in [-0.1, -0.05) is 36.2 Å². The van der Waals surface area contributed by atoms with Crippen molar-refractivity contribution in [2.75, 3.05) is 13.1 Å². The first kappa shape index (κ1) is 12.2. The van der Waals surface area contributed by atoms with Gasteiger partial charge in [-0.05, 0) is 23.6 Å². The van der Waals surface area contributed by atoms with Crippen LogP contribution in [0.25, 0.3) is 0 Å². The number of nitrogens with two attached hydrogens (primary N) is 1. The molecule has 0 radical (unpaired) electrons. The average Bonchev–Trinajstić information content (AvgIpc) is 2.52. The van der Waals surface area contributed by atoms with Gasteiger partial charge in [0.2, 0.25) is 0 Å². The zero-order chi connectivity index (χ0) is 11.7. The van der Waals surface area contributed by atoms with Gasteiger partial charge in [0.25, 0.3) is 0 Å². The van der Waals surface area contributed by atoms with E-state index in [1.807, 2.05) is 18.2 Å². The largest absolute Gasteiger partial charge is 0.326 e. The summed E-state index contributed by atoms with van der Waals surface area (Å²) in [6.45, 7) is 5.11. The van der Waals surface area contributed by atoms with E-state index in [2.05, 4.69) is 11.8 Å². The van der Waals surface area contributed by atoms with Gasteiger partial charge >= 0.3 is 0 Å². The number of benzene rings is 1. The van der Waals surface area contributed by atoms with Crippen LogP contribution in [0.1, 0.15) is 12.5 Å². The summed E-state index contributed by atoms with van der Waals surface area (Å²) >= 11 is 11.9. The molecule has 0 bridgehead atoms. The lowest BCUT2D eigenvalue weighted by atomic mass is 10.1. The zero-order valence-corrected chi connectivity index (χ0v) is 10.8. The van der Waals surface area contributed by atoms with Crippen molar-refractivity contribution in [1.29, 1.82) is 0 Å². The smallest absolute Gasteiger partial charge is 0.0595 e. The zero-order valence-electron chi connectivity index (χ0n) is 9.29. The van der Waals surface area contributed by atoms with Crippen molar-refractivity contribution in [3.63, 3.8) is 0 Å². The molecule has 2 unspecified atom stereocenters. The van der Waals surface area contributed by atoms with Crippen molar-refractivity contribution in [3.05, 3.63) is 33.8 Å². The van der Waals surface area contributed by atoms with Crippen molar-refractivity contribution in [2.45, 2.75) is 19.5 Å². The lowest BCUT2D eigenvalue weighted by Crippen LogP contribution is -2.28. The highest BCUT2D eigenvalue weighted by Gasteiger charge is 2.26. The summed E-state index contributed by atoms with van der Waals surface area (Å²) in [6.07, 6.45) is 0. The highest BCUT2D eigenvalue weighted by molar-refractivity contribution is 6.42. The molecule has 1 aromatic rings. The van der Waals surface area contributed by atoms with Gasteiger partial charge in [-0.15, -0.1) is 0 Å². The molecule has 1 saturated heterocycles.